The Balaban J connectivity index is 1.85. The fourth-order valence-corrected chi connectivity index (χ4v) is 3.61. The third-order valence-corrected chi connectivity index (χ3v) is 5.54. The van der Waals surface area contributed by atoms with Gasteiger partial charge in [-0.1, -0.05) is 30.3 Å². The molecule has 0 bridgehead atoms. The number of benzene rings is 1. The molecule has 0 radical (unpaired) electrons. The van der Waals surface area contributed by atoms with E-state index in [0.717, 1.165) is 31.4 Å². The summed E-state index contributed by atoms with van der Waals surface area (Å²) in [6.07, 6.45) is 4.36. The normalized spacial score (nSPS) is 20.2. The third-order valence-electron chi connectivity index (χ3n) is 3.71. The second kappa shape index (κ2) is 7.20. The van der Waals surface area contributed by atoms with Crippen molar-refractivity contribution in [3.63, 3.8) is 0 Å². The summed E-state index contributed by atoms with van der Waals surface area (Å²) in [5.41, 5.74) is 0.827. The van der Waals surface area contributed by atoms with Crippen molar-refractivity contribution >= 4 is 10.0 Å². The highest BCUT2D eigenvalue weighted by atomic mass is 32.2. The fourth-order valence-electron chi connectivity index (χ4n) is 2.40. The molecule has 1 aliphatic heterocycles. The van der Waals surface area contributed by atoms with Gasteiger partial charge in [-0.2, -0.15) is 0 Å². The molecule has 1 aromatic rings. The first-order chi connectivity index (χ1) is 9.58. The van der Waals surface area contributed by atoms with E-state index in [0.29, 0.717) is 6.54 Å². The molecule has 4 nitrogen and oxygen atoms in total. The average molecular weight is 297 g/mol. The molecule has 5 heteroatoms. The lowest BCUT2D eigenvalue weighted by Crippen LogP contribution is -2.32. The van der Waals surface area contributed by atoms with Crippen molar-refractivity contribution in [1.82, 2.24) is 4.31 Å². The number of ether oxygens (including phenoxy) is 1. The van der Waals surface area contributed by atoms with E-state index in [1.807, 2.05) is 30.3 Å². The van der Waals surface area contributed by atoms with Crippen molar-refractivity contribution in [3.05, 3.63) is 35.9 Å². The van der Waals surface area contributed by atoms with Gasteiger partial charge in [-0.3, -0.25) is 0 Å². The highest BCUT2D eigenvalue weighted by Crippen LogP contribution is 2.17. The van der Waals surface area contributed by atoms with Crippen LogP contribution in [0.25, 0.3) is 0 Å². The Morgan fingerprint density at radius 2 is 2.00 bits per heavy atom. The van der Waals surface area contributed by atoms with E-state index in [1.165, 1.54) is 10.7 Å². The first kappa shape index (κ1) is 15.5. The minimum atomic E-state index is -3.24. The minimum absolute atomic E-state index is 0.0653. The van der Waals surface area contributed by atoms with Crippen molar-refractivity contribution in [3.8, 4) is 0 Å². The van der Waals surface area contributed by atoms with Gasteiger partial charge in [0.05, 0.1) is 11.9 Å². The van der Waals surface area contributed by atoms with E-state index in [2.05, 4.69) is 0 Å². The Bertz CT molecular complexity index is 495. The smallest absolute Gasteiger partial charge is 0.218 e. The van der Waals surface area contributed by atoms with Gasteiger partial charge in [-0.05, 0) is 31.2 Å². The maximum Gasteiger partial charge on any atom is 0.218 e. The molecular formula is C15H23NO3S. The van der Waals surface area contributed by atoms with E-state index in [4.69, 9.17) is 4.74 Å². The van der Waals surface area contributed by atoms with Gasteiger partial charge in [0, 0.05) is 20.2 Å². The molecule has 1 unspecified atom stereocenters. The van der Waals surface area contributed by atoms with Gasteiger partial charge in [-0.25, -0.2) is 12.7 Å². The zero-order chi connectivity index (χ0) is 14.4. The monoisotopic (exact) mass is 297 g/mol. The van der Waals surface area contributed by atoms with Gasteiger partial charge in [0.25, 0.3) is 0 Å². The van der Waals surface area contributed by atoms with E-state index in [-0.39, 0.29) is 11.9 Å². The van der Waals surface area contributed by atoms with Crippen LogP contribution in [0.15, 0.2) is 30.3 Å². The summed E-state index contributed by atoms with van der Waals surface area (Å²) >= 11 is 0. The van der Waals surface area contributed by atoms with Gasteiger partial charge in [0.15, 0.2) is 0 Å². The first-order valence-electron chi connectivity index (χ1n) is 7.17. The van der Waals surface area contributed by atoms with Crippen LogP contribution in [-0.2, 0) is 20.5 Å². The zero-order valence-electron chi connectivity index (χ0n) is 12.0. The van der Waals surface area contributed by atoms with Crippen LogP contribution in [0, 0.1) is 0 Å². The average Bonchev–Trinajstić information content (AvgIpc) is 2.46. The summed E-state index contributed by atoms with van der Waals surface area (Å²) in [7, 11) is -1.58. The predicted octanol–water partition coefficient (Wildman–Crippen LogP) is 2.41. The molecule has 0 amide bonds. The summed E-state index contributed by atoms with van der Waals surface area (Å²) in [4.78, 5) is 0. The molecule has 2 rings (SSSR count). The predicted molar refractivity (Wildman–Crippen MR) is 79.9 cm³/mol. The van der Waals surface area contributed by atoms with Crippen LogP contribution >= 0.6 is 0 Å². The lowest BCUT2D eigenvalue weighted by molar-refractivity contribution is 0.00950. The van der Waals surface area contributed by atoms with E-state index in [9.17, 15) is 8.42 Å². The number of rotatable bonds is 6. The summed E-state index contributed by atoms with van der Waals surface area (Å²) < 4.78 is 31.6. The molecule has 1 heterocycles. The number of nitrogens with zero attached hydrogens (tertiary/aromatic N) is 1. The second-order valence-corrected chi connectivity index (χ2v) is 7.42. The van der Waals surface area contributed by atoms with Crippen molar-refractivity contribution in [1.29, 1.82) is 0 Å². The fraction of sp³-hybridized carbons (Fsp3) is 0.600. The molecule has 1 saturated heterocycles. The van der Waals surface area contributed by atoms with Gasteiger partial charge in [0.1, 0.15) is 0 Å². The summed E-state index contributed by atoms with van der Waals surface area (Å²) in [5.74, 6) is 0.0653. The van der Waals surface area contributed by atoms with Gasteiger partial charge < -0.3 is 4.74 Å². The Morgan fingerprint density at radius 1 is 1.25 bits per heavy atom. The molecule has 1 fully saturated rings. The van der Waals surface area contributed by atoms with Crippen LogP contribution in [0.2, 0.25) is 0 Å². The SMILES string of the molecule is CN(CCC1CCCCO1)S(=O)(=O)Cc1ccccc1. The van der Waals surface area contributed by atoms with Gasteiger partial charge in [-0.15, -0.1) is 0 Å². The van der Waals surface area contributed by atoms with Crippen LogP contribution < -0.4 is 0 Å². The van der Waals surface area contributed by atoms with Crippen LogP contribution in [0.5, 0.6) is 0 Å². The highest BCUT2D eigenvalue weighted by Gasteiger charge is 2.21. The molecule has 1 atom stereocenters. The first-order valence-corrected chi connectivity index (χ1v) is 8.78. The van der Waals surface area contributed by atoms with Crippen LogP contribution in [0.3, 0.4) is 0 Å². The molecule has 1 aliphatic rings. The molecule has 1 aromatic carbocycles. The summed E-state index contributed by atoms with van der Waals surface area (Å²) in [5, 5.41) is 0. The second-order valence-electron chi connectivity index (χ2n) is 5.34. The van der Waals surface area contributed by atoms with Crippen molar-refractivity contribution in [2.24, 2.45) is 0 Å². The van der Waals surface area contributed by atoms with E-state index >= 15 is 0 Å². The van der Waals surface area contributed by atoms with Crippen molar-refractivity contribution in [2.75, 3.05) is 20.2 Å². The number of hydrogen-bond acceptors (Lipinski definition) is 3. The quantitative estimate of drug-likeness (QED) is 0.810. The molecule has 0 saturated carbocycles. The largest absolute Gasteiger partial charge is 0.378 e. The molecule has 0 N–H and O–H groups in total. The number of sulfonamides is 1. The van der Waals surface area contributed by atoms with Gasteiger partial charge >= 0.3 is 0 Å². The molecule has 20 heavy (non-hydrogen) atoms. The molecule has 0 spiro atoms. The van der Waals surface area contributed by atoms with E-state index in [1.54, 1.807) is 7.05 Å². The maximum atomic E-state index is 12.3. The van der Waals surface area contributed by atoms with Crippen LogP contribution in [0.1, 0.15) is 31.2 Å². The van der Waals surface area contributed by atoms with Gasteiger partial charge in [0.2, 0.25) is 10.0 Å². The Morgan fingerprint density at radius 3 is 2.65 bits per heavy atom. The minimum Gasteiger partial charge on any atom is -0.378 e. The molecule has 0 aromatic heterocycles. The summed E-state index contributed by atoms with van der Waals surface area (Å²) in [6.45, 7) is 1.34. The van der Waals surface area contributed by atoms with Crippen LogP contribution in [0.4, 0.5) is 0 Å². The van der Waals surface area contributed by atoms with E-state index < -0.39 is 10.0 Å². The number of hydrogen-bond donors (Lipinski definition) is 0. The lowest BCUT2D eigenvalue weighted by Gasteiger charge is -2.25. The zero-order valence-corrected chi connectivity index (χ0v) is 12.8. The molecular weight excluding hydrogens is 274 g/mol. The standard InChI is InChI=1S/C15H23NO3S/c1-16(11-10-15-9-5-6-12-19-15)20(17,18)13-14-7-3-2-4-8-14/h2-4,7-8,15H,5-6,9-13H2,1H3. The topological polar surface area (TPSA) is 46.6 Å². The molecule has 112 valence electrons. The Labute approximate surface area is 121 Å². The third kappa shape index (κ3) is 4.58. The summed E-state index contributed by atoms with van der Waals surface area (Å²) in [6, 6.07) is 9.30. The Kier molecular flexibility index (Phi) is 5.57. The maximum absolute atomic E-state index is 12.3. The lowest BCUT2D eigenvalue weighted by atomic mass is 10.1. The van der Waals surface area contributed by atoms with Crippen LogP contribution in [-0.4, -0.2) is 39.0 Å². The molecule has 0 aliphatic carbocycles. The van der Waals surface area contributed by atoms with Crippen molar-refractivity contribution < 1.29 is 13.2 Å². The van der Waals surface area contributed by atoms with Crippen molar-refractivity contribution in [2.45, 2.75) is 37.5 Å². The highest BCUT2D eigenvalue weighted by molar-refractivity contribution is 7.88. The Hall–Kier alpha value is -0.910.